The number of alkyl halides is 3. The van der Waals surface area contributed by atoms with Gasteiger partial charge in [-0.15, -0.1) is 12.4 Å². The Bertz CT molecular complexity index is 1590. The number of carbonyl (C=O) groups is 1. The van der Waals surface area contributed by atoms with Crippen LogP contribution in [-0.2, 0) is 25.7 Å². The van der Waals surface area contributed by atoms with Gasteiger partial charge in [0, 0.05) is 61.5 Å². The van der Waals surface area contributed by atoms with Crippen LogP contribution >= 0.6 is 24.0 Å². The van der Waals surface area contributed by atoms with Crippen LogP contribution in [0.3, 0.4) is 0 Å². The summed E-state index contributed by atoms with van der Waals surface area (Å²) in [4.78, 5) is 19.3. The monoisotopic (exact) mass is 596 g/mol. The lowest BCUT2D eigenvalue weighted by Gasteiger charge is -2.27. The maximum absolute atomic E-state index is 13.9. The van der Waals surface area contributed by atoms with Crippen LogP contribution in [0.15, 0.2) is 60.8 Å². The van der Waals surface area contributed by atoms with Crippen molar-refractivity contribution in [2.24, 2.45) is 0 Å². The fourth-order valence-electron chi connectivity index (χ4n) is 4.75. The van der Waals surface area contributed by atoms with Crippen LogP contribution in [0.2, 0.25) is 5.15 Å². The van der Waals surface area contributed by atoms with Crippen LogP contribution in [0, 0.1) is 11.6 Å². The normalized spacial score (nSPS) is 13.8. The molecule has 1 aliphatic heterocycles. The zero-order valence-corrected chi connectivity index (χ0v) is 22.4. The zero-order chi connectivity index (χ0) is 27.7. The first kappa shape index (κ1) is 29.5. The van der Waals surface area contributed by atoms with Gasteiger partial charge in [0.1, 0.15) is 16.8 Å². The third-order valence-corrected chi connectivity index (χ3v) is 6.82. The summed E-state index contributed by atoms with van der Waals surface area (Å²) < 4.78 is 69.0. The van der Waals surface area contributed by atoms with Gasteiger partial charge in [0.05, 0.1) is 11.1 Å². The molecule has 0 aliphatic carbocycles. The minimum atomic E-state index is -4.57. The van der Waals surface area contributed by atoms with E-state index in [-0.39, 0.29) is 35.2 Å². The molecule has 1 N–H and O–H groups in total. The maximum atomic E-state index is 13.9. The van der Waals surface area contributed by atoms with Gasteiger partial charge in [-0.25, -0.2) is 18.6 Å². The van der Waals surface area contributed by atoms with Crippen LogP contribution in [-0.4, -0.2) is 33.6 Å². The molecule has 3 heterocycles. The first-order valence-electron chi connectivity index (χ1n) is 12.1. The summed E-state index contributed by atoms with van der Waals surface area (Å²) in [6.45, 7) is 1.45. The van der Waals surface area contributed by atoms with Gasteiger partial charge in [-0.1, -0.05) is 29.8 Å². The molecule has 0 saturated carbocycles. The summed E-state index contributed by atoms with van der Waals surface area (Å²) in [5.74, 6) is -1.33. The molecule has 2 aromatic heterocycles. The Kier molecular flexibility index (Phi) is 8.82. The number of amides is 1. The second-order valence-corrected chi connectivity index (χ2v) is 9.58. The summed E-state index contributed by atoms with van der Waals surface area (Å²) in [7, 11) is 0. The fraction of sp³-hybridized carbons (Fsp3) is 0.214. The minimum Gasteiger partial charge on any atom is -0.333 e. The number of benzene rings is 2. The lowest BCUT2D eigenvalue weighted by Crippen LogP contribution is -2.34. The Labute approximate surface area is 237 Å². The third-order valence-electron chi connectivity index (χ3n) is 6.62. The van der Waals surface area contributed by atoms with Crippen LogP contribution in [0.4, 0.5) is 26.7 Å². The Morgan fingerprint density at radius 1 is 1.10 bits per heavy atom. The number of hydrogen-bond acceptors (Lipinski definition) is 3. The predicted molar refractivity (Wildman–Crippen MR) is 145 cm³/mol. The van der Waals surface area contributed by atoms with E-state index in [0.29, 0.717) is 42.7 Å². The van der Waals surface area contributed by atoms with E-state index in [1.165, 1.54) is 29.0 Å². The molecule has 0 bridgehead atoms. The van der Waals surface area contributed by atoms with Gasteiger partial charge in [-0.3, -0.25) is 9.47 Å². The van der Waals surface area contributed by atoms with E-state index in [1.54, 1.807) is 24.3 Å². The number of aromatic nitrogens is 2. The highest BCUT2D eigenvalue weighted by Crippen LogP contribution is 2.36. The molecular weight excluding hydrogens is 574 g/mol. The molecule has 0 spiro atoms. The van der Waals surface area contributed by atoms with E-state index < -0.39 is 29.4 Å². The highest BCUT2D eigenvalue weighted by atomic mass is 35.5. The van der Waals surface area contributed by atoms with E-state index in [2.05, 4.69) is 10.3 Å². The topological polar surface area (TPSA) is 50.2 Å². The van der Waals surface area contributed by atoms with E-state index in [0.717, 1.165) is 23.8 Å². The van der Waals surface area contributed by atoms with Crippen molar-refractivity contribution in [3.63, 3.8) is 0 Å². The summed E-state index contributed by atoms with van der Waals surface area (Å²) >= 11 is 5.91. The standard InChI is InChI=1S/C28H22ClF5N4O.ClH/c29-26-12-17(7-9-35-26)15-36-27(39)38-24-8-11-37(10-1-2-18-3-5-20(30)14-23(18)31)16-22(24)21-6-4-19(13-25(21)38)28(32,33)34;/h1-7,9,12-14H,8,10-11,15-16H2,(H,36,39);1H/b2-1+;. The van der Waals surface area contributed by atoms with E-state index in [9.17, 15) is 26.7 Å². The van der Waals surface area contributed by atoms with E-state index in [1.807, 2.05) is 4.90 Å². The molecule has 40 heavy (non-hydrogen) atoms. The lowest BCUT2D eigenvalue weighted by molar-refractivity contribution is -0.137. The fourth-order valence-corrected chi connectivity index (χ4v) is 4.95. The lowest BCUT2D eigenvalue weighted by atomic mass is 10.0. The van der Waals surface area contributed by atoms with Crippen molar-refractivity contribution in [1.29, 1.82) is 0 Å². The number of nitrogens with one attached hydrogen (secondary N) is 1. The van der Waals surface area contributed by atoms with Crippen molar-refractivity contribution >= 4 is 47.0 Å². The second kappa shape index (κ2) is 12.0. The number of pyridine rings is 1. The highest BCUT2D eigenvalue weighted by molar-refractivity contribution is 6.29. The first-order valence-corrected chi connectivity index (χ1v) is 12.4. The number of rotatable bonds is 5. The molecule has 0 fully saturated rings. The summed E-state index contributed by atoms with van der Waals surface area (Å²) in [6.07, 6.45) is 0.649. The number of halogens is 7. The predicted octanol–water partition coefficient (Wildman–Crippen LogP) is 7.24. The molecular formula is C28H23Cl2F5N4O. The average Bonchev–Trinajstić information content (AvgIpc) is 3.21. The number of hydrogen-bond donors (Lipinski definition) is 1. The molecule has 12 heteroatoms. The van der Waals surface area contributed by atoms with Gasteiger partial charge in [-0.2, -0.15) is 13.2 Å². The Morgan fingerprint density at radius 2 is 1.90 bits per heavy atom. The largest absolute Gasteiger partial charge is 0.416 e. The second-order valence-electron chi connectivity index (χ2n) is 9.19. The molecule has 0 radical (unpaired) electrons. The van der Waals surface area contributed by atoms with Crippen molar-refractivity contribution in [3.05, 3.63) is 106 Å². The van der Waals surface area contributed by atoms with Crippen LogP contribution in [0.5, 0.6) is 0 Å². The van der Waals surface area contributed by atoms with Crippen LogP contribution in [0.25, 0.3) is 17.0 Å². The number of nitrogens with zero attached hydrogens (tertiary/aromatic N) is 3. The Hall–Kier alpha value is -3.47. The molecule has 210 valence electrons. The smallest absolute Gasteiger partial charge is 0.333 e. The molecule has 4 aromatic rings. The number of carbonyl (C=O) groups excluding carboxylic acids is 1. The molecule has 0 saturated heterocycles. The molecule has 1 amide bonds. The average molecular weight is 597 g/mol. The van der Waals surface area contributed by atoms with E-state index in [4.69, 9.17) is 11.6 Å². The van der Waals surface area contributed by atoms with Crippen molar-refractivity contribution in [3.8, 4) is 0 Å². The van der Waals surface area contributed by atoms with Crippen molar-refractivity contribution in [2.75, 3.05) is 13.1 Å². The Morgan fingerprint density at radius 3 is 2.62 bits per heavy atom. The molecule has 0 unspecified atom stereocenters. The summed E-state index contributed by atoms with van der Waals surface area (Å²) in [6, 6.07) is 9.47. The van der Waals surface area contributed by atoms with Crippen LogP contribution < -0.4 is 5.32 Å². The Balaban J connectivity index is 0.00000370. The van der Waals surface area contributed by atoms with Crippen molar-refractivity contribution < 1.29 is 26.7 Å². The third kappa shape index (κ3) is 6.29. The van der Waals surface area contributed by atoms with Gasteiger partial charge in [0.15, 0.2) is 0 Å². The van der Waals surface area contributed by atoms with Crippen molar-refractivity contribution in [2.45, 2.75) is 25.7 Å². The van der Waals surface area contributed by atoms with Gasteiger partial charge in [0.2, 0.25) is 0 Å². The van der Waals surface area contributed by atoms with Gasteiger partial charge in [0.25, 0.3) is 0 Å². The minimum absolute atomic E-state index is 0. The van der Waals surface area contributed by atoms with Crippen LogP contribution in [0.1, 0.15) is 27.9 Å². The van der Waals surface area contributed by atoms with Gasteiger partial charge >= 0.3 is 12.2 Å². The highest BCUT2D eigenvalue weighted by Gasteiger charge is 2.33. The summed E-state index contributed by atoms with van der Waals surface area (Å²) in [5.41, 5.74) is 1.66. The van der Waals surface area contributed by atoms with Crippen molar-refractivity contribution in [1.82, 2.24) is 19.8 Å². The number of fused-ring (bicyclic) bond motifs is 3. The molecule has 5 rings (SSSR count). The first-order chi connectivity index (χ1) is 18.6. The SMILES string of the molecule is Cl.O=C(NCc1ccnc(Cl)c1)n1c2c(c3ccc(C(F)(F)F)cc31)CN(C/C=C/c1ccc(F)cc1F)CC2. The summed E-state index contributed by atoms with van der Waals surface area (Å²) in [5, 5.41) is 3.59. The molecule has 2 aromatic carbocycles. The van der Waals surface area contributed by atoms with E-state index >= 15 is 0 Å². The maximum Gasteiger partial charge on any atom is 0.416 e. The molecule has 1 aliphatic rings. The van der Waals surface area contributed by atoms with Gasteiger partial charge < -0.3 is 5.32 Å². The molecule has 5 nitrogen and oxygen atoms in total. The zero-order valence-electron chi connectivity index (χ0n) is 20.8. The quantitative estimate of drug-likeness (QED) is 0.195. The molecule has 0 atom stereocenters. The van der Waals surface area contributed by atoms with Gasteiger partial charge in [-0.05, 0) is 47.5 Å².